The normalized spacial score (nSPS) is 25.4. The van der Waals surface area contributed by atoms with Crippen molar-refractivity contribution >= 4 is 11.9 Å². The van der Waals surface area contributed by atoms with Crippen LogP contribution in [0, 0.1) is 18.8 Å². The van der Waals surface area contributed by atoms with Crippen LogP contribution < -0.4 is 10.2 Å². The van der Waals surface area contributed by atoms with Crippen LogP contribution in [-0.2, 0) is 15.7 Å². The summed E-state index contributed by atoms with van der Waals surface area (Å²) in [6.07, 6.45) is -1.49. The van der Waals surface area contributed by atoms with Gasteiger partial charge in [-0.2, -0.15) is 13.2 Å². The number of fused-ring (bicyclic) bond motifs is 1. The lowest BCUT2D eigenvalue weighted by Gasteiger charge is -2.31. The summed E-state index contributed by atoms with van der Waals surface area (Å²) in [6, 6.07) is 1.08. The summed E-state index contributed by atoms with van der Waals surface area (Å²) in [7, 11) is 1.56. The predicted molar refractivity (Wildman–Crippen MR) is 93.2 cm³/mol. The SMILES string of the molecule is COCCC(=O)NC1CCC2CN(c3nc(C)cc(C(F)(F)F)n3)CC2C1. The number of hydrogen-bond acceptors (Lipinski definition) is 5. The molecule has 1 aliphatic heterocycles. The van der Waals surface area contributed by atoms with Crippen LogP contribution in [0.4, 0.5) is 19.1 Å². The Morgan fingerprint density at radius 1 is 1.30 bits per heavy atom. The van der Waals surface area contributed by atoms with Crippen molar-refractivity contribution in [2.75, 3.05) is 31.7 Å². The van der Waals surface area contributed by atoms with Crippen molar-refractivity contribution in [2.24, 2.45) is 11.8 Å². The number of amides is 1. The minimum atomic E-state index is -4.48. The van der Waals surface area contributed by atoms with Gasteiger partial charge in [-0.3, -0.25) is 4.79 Å². The van der Waals surface area contributed by atoms with Gasteiger partial charge < -0.3 is 15.0 Å². The van der Waals surface area contributed by atoms with E-state index in [1.54, 1.807) is 14.0 Å². The largest absolute Gasteiger partial charge is 0.433 e. The van der Waals surface area contributed by atoms with Crippen molar-refractivity contribution in [3.63, 3.8) is 0 Å². The van der Waals surface area contributed by atoms with E-state index in [0.29, 0.717) is 43.6 Å². The highest BCUT2D eigenvalue weighted by Crippen LogP contribution is 2.38. The number of nitrogens with zero attached hydrogens (tertiary/aromatic N) is 3. The Bertz CT molecular complexity index is 683. The molecule has 3 atom stereocenters. The van der Waals surface area contributed by atoms with Gasteiger partial charge in [-0.25, -0.2) is 9.97 Å². The molecule has 1 aliphatic carbocycles. The first-order chi connectivity index (χ1) is 12.8. The standard InChI is InChI=1S/C18H25F3N4O2/c1-11-7-15(18(19,20)21)24-17(22-11)25-9-12-3-4-14(8-13(12)10-25)23-16(26)5-6-27-2/h7,12-14H,3-6,8-10H2,1-2H3,(H,23,26). The fourth-order valence-electron chi connectivity index (χ4n) is 4.06. The van der Waals surface area contributed by atoms with E-state index in [9.17, 15) is 18.0 Å². The topological polar surface area (TPSA) is 67.3 Å². The number of hydrogen-bond donors (Lipinski definition) is 1. The molecule has 0 bridgehead atoms. The predicted octanol–water partition coefficient (Wildman–Crippen LogP) is 2.56. The molecule has 1 amide bonds. The second kappa shape index (κ2) is 8.00. The van der Waals surface area contributed by atoms with Crippen LogP contribution >= 0.6 is 0 Å². The van der Waals surface area contributed by atoms with Gasteiger partial charge in [0, 0.05) is 38.4 Å². The quantitative estimate of drug-likeness (QED) is 0.843. The van der Waals surface area contributed by atoms with Crippen LogP contribution in [0.25, 0.3) is 0 Å². The maximum atomic E-state index is 13.0. The number of aromatic nitrogens is 2. The first-order valence-corrected chi connectivity index (χ1v) is 9.22. The third-order valence-corrected chi connectivity index (χ3v) is 5.36. The fraction of sp³-hybridized carbons (Fsp3) is 0.722. The van der Waals surface area contributed by atoms with E-state index in [2.05, 4.69) is 15.3 Å². The third kappa shape index (κ3) is 4.88. The lowest BCUT2D eigenvalue weighted by molar-refractivity contribution is -0.141. The molecular formula is C18H25F3N4O2. The smallest absolute Gasteiger partial charge is 0.384 e. The van der Waals surface area contributed by atoms with Crippen LogP contribution in [0.3, 0.4) is 0 Å². The maximum Gasteiger partial charge on any atom is 0.433 e. The molecule has 1 N–H and O–H groups in total. The molecule has 0 aromatic carbocycles. The highest BCUT2D eigenvalue weighted by molar-refractivity contribution is 5.76. The van der Waals surface area contributed by atoms with E-state index < -0.39 is 11.9 Å². The van der Waals surface area contributed by atoms with Gasteiger partial charge in [0.05, 0.1) is 6.61 Å². The van der Waals surface area contributed by atoms with Gasteiger partial charge in [-0.05, 0) is 44.1 Å². The lowest BCUT2D eigenvalue weighted by Crippen LogP contribution is -2.40. The van der Waals surface area contributed by atoms with Crippen LogP contribution in [0.2, 0.25) is 0 Å². The van der Waals surface area contributed by atoms with E-state index in [-0.39, 0.29) is 17.9 Å². The molecule has 9 heteroatoms. The molecule has 2 aliphatic rings. The number of rotatable bonds is 5. The molecule has 2 heterocycles. The maximum absolute atomic E-state index is 13.0. The summed E-state index contributed by atoms with van der Waals surface area (Å²) in [5.74, 6) is 0.852. The van der Waals surface area contributed by atoms with Crippen molar-refractivity contribution in [2.45, 2.75) is 44.8 Å². The van der Waals surface area contributed by atoms with Crippen LogP contribution in [0.5, 0.6) is 0 Å². The Morgan fingerprint density at radius 3 is 2.74 bits per heavy atom. The number of anilines is 1. The third-order valence-electron chi connectivity index (χ3n) is 5.36. The Balaban J connectivity index is 1.63. The number of carbonyl (C=O) groups excluding carboxylic acids is 1. The van der Waals surface area contributed by atoms with Gasteiger partial charge in [0.1, 0.15) is 5.69 Å². The van der Waals surface area contributed by atoms with E-state index in [4.69, 9.17) is 4.74 Å². The second-order valence-corrected chi connectivity index (χ2v) is 7.44. The monoisotopic (exact) mass is 386 g/mol. The number of carbonyl (C=O) groups is 1. The first kappa shape index (κ1) is 19.9. The van der Waals surface area contributed by atoms with Crippen LogP contribution in [0.1, 0.15) is 37.1 Å². The van der Waals surface area contributed by atoms with Crippen LogP contribution in [-0.4, -0.2) is 48.7 Å². The summed E-state index contributed by atoms with van der Waals surface area (Å²) < 4.78 is 44.0. The summed E-state index contributed by atoms with van der Waals surface area (Å²) in [6.45, 7) is 3.23. The fourth-order valence-corrected chi connectivity index (χ4v) is 4.06. The molecule has 1 saturated carbocycles. The average molecular weight is 386 g/mol. The minimum Gasteiger partial charge on any atom is -0.384 e. The van der Waals surface area contributed by atoms with Crippen LogP contribution in [0.15, 0.2) is 6.07 Å². The molecule has 3 rings (SSSR count). The van der Waals surface area contributed by atoms with Gasteiger partial charge in [-0.1, -0.05) is 0 Å². The van der Waals surface area contributed by atoms with Crippen molar-refractivity contribution < 1.29 is 22.7 Å². The first-order valence-electron chi connectivity index (χ1n) is 9.22. The molecule has 0 spiro atoms. The number of methoxy groups -OCH3 is 1. The lowest BCUT2D eigenvalue weighted by atomic mass is 9.79. The Kier molecular flexibility index (Phi) is 5.88. The Labute approximate surface area is 156 Å². The highest BCUT2D eigenvalue weighted by Gasteiger charge is 2.40. The molecule has 0 radical (unpaired) electrons. The zero-order valence-electron chi connectivity index (χ0n) is 15.6. The molecule has 6 nitrogen and oxygen atoms in total. The number of ether oxygens (including phenoxy) is 1. The second-order valence-electron chi connectivity index (χ2n) is 7.44. The van der Waals surface area contributed by atoms with Crippen molar-refractivity contribution in [3.05, 3.63) is 17.5 Å². The Hall–Kier alpha value is -1.90. The number of nitrogens with one attached hydrogen (secondary N) is 1. The van der Waals surface area contributed by atoms with E-state index in [0.717, 1.165) is 25.3 Å². The molecule has 27 heavy (non-hydrogen) atoms. The summed E-state index contributed by atoms with van der Waals surface area (Å²) in [4.78, 5) is 21.7. The molecule has 1 aromatic heterocycles. The molecular weight excluding hydrogens is 361 g/mol. The molecule has 150 valence electrons. The van der Waals surface area contributed by atoms with Gasteiger partial charge in [0.25, 0.3) is 0 Å². The van der Waals surface area contributed by atoms with E-state index in [1.165, 1.54) is 0 Å². The van der Waals surface area contributed by atoms with E-state index in [1.807, 2.05) is 4.90 Å². The number of alkyl halides is 3. The highest BCUT2D eigenvalue weighted by atomic mass is 19.4. The molecule has 1 aromatic rings. The van der Waals surface area contributed by atoms with Crippen molar-refractivity contribution in [3.8, 4) is 0 Å². The zero-order valence-corrected chi connectivity index (χ0v) is 15.6. The van der Waals surface area contributed by atoms with Gasteiger partial charge in [0.2, 0.25) is 11.9 Å². The van der Waals surface area contributed by atoms with Gasteiger partial charge in [0.15, 0.2) is 0 Å². The van der Waals surface area contributed by atoms with Crippen molar-refractivity contribution in [1.29, 1.82) is 0 Å². The summed E-state index contributed by atoms with van der Waals surface area (Å²) >= 11 is 0. The molecule has 2 fully saturated rings. The van der Waals surface area contributed by atoms with Crippen molar-refractivity contribution in [1.82, 2.24) is 15.3 Å². The molecule has 1 saturated heterocycles. The number of halogens is 3. The van der Waals surface area contributed by atoms with Gasteiger partial charge in [-0.15, -0.1) is 0 Å². The summed E-state index contributed by atoms with van der Waals surface area (Å²) in [5, 5.41) is 3.04. The van der Waals surface area contributed by atoms with E-state index >= 15 is 0 Å². The Morgan fingerprint density at radius 2 is 2.04 bits per heavy atom. The minimum absolute atomic E-state index is 0.0213. The zero-order chi connectivity index (χ0) is 19.6. The number of aryl methyl sites for hydroxylation is 1. The molecule has 3 unspecified atom stereocenters. The van der Waals surface area contributed by atoms with Gasteiger partial charge >= 0.3 is 6.18 Å². The summed E-state index contributed by atoms with van der Waals surface area (Å²) in [5.41, 5.74) is -0.589. The average Bonchev–Trinajstić information content (AvgIpc) is 3.02.